The van der Waals surface area contributed by atoms with Crippen LogP contribution >= 0.6 is 22.7 Å². The average molecular weight is 647 g/mol. The molecule has 0 radical (unpaired) electrons. The van der Waals surface area contributed by atoms with Gasteiger partial charge in [0.1, 0.15) is 0 Å². The van der Waals surface area contributed by atoms with Gasteiger partial charge in [0.05, 0.1) is 31.5 Å². The number of nitrogens with zero attached hydrogens (tertiary/aromatic N) is 2. The summed E-state index contributed by atoms with van der Waals surface area (Å²) < 4.78 is 2.43. The van der Waals surface area contributed by atoms with Gasteiger partial charge in [-0.25, -0.2) is 9.97 Å². The second-order valence-electron chi connectivity index (χ2n) is 12.3. The number of benzene rings is 8. The van der Waals surface area contributed by atoms with E-state index in [-0.39, 0.29) is 0 Å². The fourth-order valence-electron chi connectivity index (χ4n) is 7.14. The van der Waals surface area contributed by atoms with Gasteiger partial charge in [0.15, 0.2) is 0 Å². The second-order valence-corrected chi connectivity index (χ2v) is 14.1. The maximum atomic E-state index is 4.45. The molecule has 0 bridgehead atoms. The maximum absolute atomic E-state index is 4.45. The highest BCUT2D eigenvalue weighted by molar-refractivity contribution is 7.17. The van der Waals surface area contributed by atoms with Gasteiger partial charge < -0.3 is 0 Å². The van der Waals surface area contributed by atoms with Crippen LogP contribution in [0.4, 0.5) is 0 Å². The molecule has 2 heterocycles. The van der Waals surface area contributed by atoms with Crippen molar-refractivity contribution in [2.75, 3.05) is 0 Å². The summed E-state index contributed by atoms with van der Waals surface area (Å²) in [5.74, 6) is 0. The molecule has 224 valence electrons. The Bertz CT molecular complexity index is 2640. The molecule has 8 aromatic carbocycles. The van der Waals surface area contributed by atoms with Crippen molar-refractivity contribution in [3.63, 3.8) is 0 Å². The molecule has 48 heavy (non-hydrogen) atoms. The number of rotatable bonds is 4. The first-order valence-electron chi connectivity index (χ1n) is 16.0. The van der Waals surface area contributed by atoms with E-state index < -0.39 is 0 Å². The Balaban J connectivity index is 1.08. The van der Waals surface area contributed by atoms with Gasteiger partial charge in [0.2, 0.25) is 0 Å². The van der Waals surface area contributed by atoms with Gasteiger partial charge in [0, 0.05) is 0 Å². The quantitative estimate of drug-likeness (QED) is 0.178. The summed E-state index contributed by atoms with van der Waals surface area (Å²) in [6, 6.07) is 53.6. The van der Waals surface area contributed by atoms with Crippen molar-refractivity contribution in [2.24, 2.45) is 0 Å². The van der Waals surface area contributed by atoms with Gasteiger partial charge >= 0.3 is 0 Å². The summed E-state index contributed by atoms with van der Waals surface area (Å²) in [5.41, 5.74) is 15.7. The van der Waals surface area contributed by atoms with Crippen molar-refractivity contribution in [3.8, 4) is 44.5 Å². The third-order valence-corrected chi connectivity index (χ3v) is 11.1. The molecule has 4 heteroatoms. The van der Waals surface area contributed by atoms with Crippen LogP contribution in [0.2, 0.25) is 0 Å². The van der Waals surface area contributed by atoms with Crippen LogP contribution in [0, 0.1) is 0 Å². The minimum atomic E-state index is 1.05. The van der Waals surface area contributed by atoms with E-state index in [2.05, 4.69) is 156 Å². The van der Waals surface area contributed by atoms with Crippen LogP contribution in [0.15, 0.2) is 157 Å². The summed E-state index contributed by atoms with van der Waals surface area (Å²) in [4.78, 5) is 8.91. The van der Waals surface area contributed by atoms with Crippen molar-refractivity contribution in [1.29, 1.82) is 0 Å². The van der Waals surface area contributed by atoms with Gasteiger partial charge in [-0.1, -0.05) is 97.1 Å². The van der Waals surface area contributed by atoms with E-state index in [0.29, 0.717) is 0 Å². The first-order valence-corrected chi connectivity index (χ1v) is 17.8. The molecule has 10 aromatic rings. The van der Waals surface area contributed by atoms with Crippen LogP contribution in [0.25, 0.3) is 97.3 Å². The van der Waals surface area contributed by atoms with E-state index in [0.717, 1.165) is 11.0 Å². The molecule has 2 aromatic heterocycles. The molecule has 10 rings (SSSR count). The third kappa shape index (κ3) is 4.53. The van der Waals surface area contributed by atoms with Crippen molar-refractivity contribution < 1.29 is 0 Å². The van der Waals surface area contributed by atoms with Gasteiger partial charge in [-0.05, 0) is 125 Å². The molecule has 0 atom stereocenters. The Morgan fingerprint density at radius 2 is 0.667 bits per heavy atom. The standard InChI is InChI=1S/C44H26N2S2/c1-2-10-36-35(9-1)39-21-31(27-5-3-7-29(19-27)33-13-17-41-43(23-33)47-25-45-41)11-15-37(39)38-16-12-32(22-40(36)38)28-6-4-8-30(20-28)34-14-18-42-44(24-34)48-26-46-42/h1-26H. The number of hydrogen-bond donors (Lipinski definition) is 0. The first-order chi connectivity index (χ1) is 23.7. The van der Waals surface area contributed by atoms with Crippen LogP contribution in [-0.2, 0) is 0 Å². The van der Waals surface area contributed by atoms with E-state index in [1.165, 1.54) is 86.2 Å². The summed E-state index contributed by atoms with van der Waals surface area (Å²) >= 11 is 3.37. The smallest absolute Gasteiger partial charge is 0.0812 e. The summed E-state index contributed by atoms with van der Waals surface area (Å²) in [7, 11) is 0. The Labute approximate surface area is 285 Å². The summed E-state index contributed by atoms with van der Waals surface area (Å²) in [6.07, 6.45) is 0. The van der Waals surface area contributed by atoms with Gasteiger partial charge in [0.25, 0.3) is 0 Å². The van der Waals surface area contributed by atoms with E-state index in [4.69, 9.17) is 0 Å². The lowest BCUT2D eigenvalue weighted by atomic mass is 9.89. The molecule has 0 spiro atoms. The van der Waals surface area contributed by atoms with Crippen molar-refractivity contribution >= 4 is 75.4 Å². The van der Waals surface area contributed by atoms with Crippen molar-refractivity contribution in [3.05, 3.63) is 157 Å². The number of thiazole rings is 2. The van der Waals surface area contributed by atoms with Crippen LogP contribution in [-0.4, -0.2) is 9.97 Å². The van der Waals surface area contributed by atoms with E-state index in [9.17, 15) is 0 Å². The zero-order valence-electron chi connectivity index (χ0n) is 25.7. The van der Waals surface area contributed by atoms with Gasteiger partial charge in [-0.3, -0.25) is 0 Å². The third-order valence-electron chi connectivity index (χ3n) is 9.56. The van der Waals surface area contributed by atoms with Crippen molar-refractivity contribution in [1.82, 2.24) is 9.97 Å². The minimum absolute atomic E-state index is 1.05. The van der Waals surface area contributed by atoms with Crippen LogP contribution in [0.5, 0.6) is 0 Å². The molecule has 0 N–H and O–H groups in total. The molecule has 0 fully saturated rings. The van der Waals surface area contributed by atoms with E-state index >= 15 is 0 Å². The highest BCUT2D eigenvalue weighted by Crippen LogP contribution is 2.40. The van der Waals surface area contributed by atoms with E-state index in [1.54, 1.807) is 22.7 Å². The minimum Gasteiger partial charge on any atom is -0.245 e. The van der Waals surface area contributed by atoms with Gasteiger partial charge in [-0.2, -0.15) is 0 Å². The predicted molar refractivity (Wildman–Crippen MR) is 207 cm³/mol. The molecule has 2 nitrogen and oxygen atoms in total. The second kappa shape index (κ2) is 11.0. The molecule has 0 aliphatic carbocycles. The highest BCUT2D eigenvalue weighted by Gasteiger charge is 2.13. The first kappa shape index (κ1) is 27.4. The summed E-state index contributed by atoms with van der Waals surface area (Å²) in [5, 5.41) is 7.66. The lowest BCUT2D eigenvalue weighted by Crippen LogP contribution is -1.87. The molecular weight excluding hydrogens is 621 g/mol. The highest BCUT2D eigenvalue weighted by atomic mass is 32.1. The molecule has 0 amide bonds. The SMILES string of the molecule is c1cc(-c2ccc3ncsc3c2)cc(-c2ccc3c4ccc(-c5cccc(-c6ccc7ncsc7c6)c5)cc4c4ccccc4c3c2)c1. The molecule has 0 aliphatic heterocycles. The fourth-order valence-corrected chi connectivity index (χ4v) is 8.57. The largest absolute Gasteiger partial charge is 0.245 e. The lowest BCUT2D eigenvalue weighted by molar-refractivity contribution is 1.50. The number of fused-ring (bicyclic) bond motifs is 8. The van der Waals surface area contributed by atoms with Crippen LogP contribution in [0.3, 0.4) is 0 Å². The monoisotopic (exact) mass is 646 g/mol. The zero-order valence-corrected chi connectivity index (χ0v) is 27.4. The van der Waals surface area contributed by atoms with Gasteiger partial charge in [-0.15, -0.1) is 22.7 Å². The zero-order chi connectivity index (χ0) is 31.6. The van der Waals surface area contributed by atoms with Crippen molar-refractivity contribution in [2.45, 2.75) is 0 Å². The molecular formula is C44H26N2S2. The Hall–Kier alpha value is -5.68. The Kier molecular flexibility index (Phi) is 6.26. The Morgan fingerprint density at radius 3 is 1.12 bits per heavy atom. The number of aromatic nitrogens is 2. The normalized spacial score (nSPS) is 11.8. The molecule has 0 saturated heterocycles. The topological polar surface area (TPSA) is 25.8 Å². The predicted octanol–water partition coefficient (Wildman–Crippen LogP) is 13.0. The lowest BCUT2D eigenvalue weighted by Gasteiger charge is -2.14. The van der Waals surface area contributed by atoms with E-state index in [1.807, 2.05) is 11.0 Å². The maximum Gasteiger partial charge on any atom is 0.0812 e. The summed E-state index contributed by atoms with van der Waals surface area (Å²) in [6.45, 7) is 0. The fraction of sp³-hybridized carbons (Fsp3) is 0. The van der Waals surface area contributed by atoms with Crippen LogP contribution < -0.4 is 0 Å². The molecule has 0 unspecified atom stereocenters. The number of hydrogen-bond acceptors (Lipinski definition) is 4. The average Bonchev–Trinajstić information content (AvgIpc) is 3.84. The molecule has 0 saturated carbocycles. The van der Waals surface area contributed by atoms with Crippen LogP contribution in [0.1, 0.15) is 0 Å². The Morgan fingerprint density at radius 1 is 0.292 bits per heavy atom. The molecule has 0 aliphatic rings.